The number of hydrogen-bond acceptors (Lipinski definition) is 5. The minimum absolute atomic E-state index is 0.0595. The molecule has 6 heteroatoms. The van der Waals surface area contributed by atoms with Crippen LogP contribution in [0.1, 0.15) is 47.8 Å². The first-order chi connectivity index (χ1) is 12.8. The Kier molecular flexibility index (Phi) is 5.20. The molecule has 0 bridgehead atoms. The van der Waals surface area contributed by atoms with Gasteiger partial charge < -0.3 is 14.6 Å². The van der Waals surface area contributed by atoms with E-state index in [1.54, 1.807) is 12.5 Å². The van der Waals surface area contributed by atoms with E-state index in [0.717, 1.165) is 50.6 Å². The maximum atomic E-state index is 12.9. The average molecular weight is 354 g/mol. The molecular formula is C20H26N4O2. The SMILES string of the molecule is O=C(NC[C@@H](c1ccco1)N1CCCC1)c1cccnc1N1CCCC1. The van der Waals surface area contributed by atoms with Crippen LogP contribution in [0.4, 0.5) is 5.82 Å². The standard InChI is InChI=1S/C20H26N4O2/c25-20(16-7-5-9-21-19(16)24-12-3-4-13-24)22-15-17(18-8-6-14-26-18)23-10-1-2-11-23/h5-9,14,17H,1-4,10-13,15H2,(H,22,25)/t17-/m0/s1. The van der Waals surface area contributed by atoms with E-state index in [1.165, 1.54) is 12.8 Å². The van der Waals surface area contributed by atoms with E-state index < -0.39 is 0 Å². The second-order valence-corrected chi connectivity index (χ2v) is 7.05. The first kappa shape index (κ1) is 17.1. The maximum absolute atomic E-state index is 12.9. The van der Waals surface area contributed by atoms with E-state index in [0.29, 0.717) is 12.1 Å². The van der Waals surface area contributed by atoms with Gasteiger partial charge in [0, 0.05) is 25.8 Å². The first-order valence-corrected chi connectivity index (χ1v) is 9.58. The van der Waals surface area contributed by atoms with Gasteiger partial charge in [-0.1, -0.05) is 0 Å². The number of likely N-dealkylation sites (tertiary alicyclic amines) is 1. The summed E-state index contributed by atoms with van der Waals surface area (Å²) in [6.45, 7) is 4.58. The molecule has 4 rings (SSSR count). The number of rotatable bonds is 6. The Morgan fingerprint density at radius 2 is 1.88 bits per heavy atom. The minimum atomic E-state index is -0.0595. The zero-order chi connectivity index (χ0) is 17.8. The molecule has 138 valence electrons. The van der Waals surface area contributed by atoms with Crippen molar-refractivity contribution in [3.05, 3.63) is 48.0 Å². The Balaban J connectivity index is 1.47. The molecule has 2 aromatic rings. The van der Waals surface area contributed by atoms with Crippen LogP contribution in [0.2, 0.25) is 0 Å². The summed E-state index contributed by atoms with van der Waals surface area (Å²) < 4.78 is 5.64. The number of carbonyl (C=O) groups is 1. The lowest BCUT2D eigenvalue weighted by atomic mass is 10.1. The number of furan rings is 1. The summed E-state index contributed by atoms with van der Waals surface area (Å²) in [5.74, 6) is 1.66. The summed E-state index contributed by atoms with van der Waals surface area (Å²) in [4.78, 5) is 22.0. The summed E-state index contributed by atoms with van der Waals surface area (Å²) in [6.07, 6.45) is 8.19. The van der Waals surface area contributed by atoms with Crippen LogP contribution in [0.25, 0.3) is 0 Å². The van der Waals surface area contributed by atoms with Crippen molar-refractivity contribution < 1.29 is 9.21 Å². The summed E-state index contributed by atoms with van der Waals surface area (Å²) in [7, 11) is 0. The number of hydrogen-bond donors (Lipinski definition) is 1. The van der Waals surface area contributed by atoms with Crippen LogP contribution in [0.5, 0.6) is 0 Å². The minimum Gasteiger partial charge on any atom is -0.468 e. The molecule has 0 spiro atoms. The third-order valence-electron chi connectivity index (χ3n) is 5.35. The molecule has 1 amide bonds. The van der Waals surface area contributed by atoms with Crippen molar-refractivity contribution >= 4 is 11.7 Å². The smallest absolute Gasteiger partial charge is 0.255 e. The summed E-state index contributed by atoms with van der Waals surface area (Å²) in [5.41, 5.74) is 0.661. The number of nitrogens with one attached hydrogen (secondary N) is 1. The van der Waals surface area contributed by atoms with Gasteiger partial charge in [0.1, 0.15) is 11.6 Å². The summed E-state index contributed by atoms with van der Waals surface area (Å²) >= 11 is 0. The molecule has 1 atom stereocenters. The van der Waals surface area contributed by atoms with Crippen LogP contribution in [0.15, 0.2) is 41.1 Å². The fourth-order valence-electron chi connectivity index (χ4n) is 3.98. The van der Waals surface area contributed by atoms with Gasteiger partial charge in [0.25, 0.3) is 5.91 Å². The number of pyridine rings is 1. The highest BCUT2D eigenvalue weighted by Crippen LogP contribution is 2.26. The van der Waals surface area contributed by atoms with Crippen LogP contribution >= 0.6 is 0 Å². The third-order valence-corrected chi connectivity index (χ3v) is 5.35. The Bertz CT molecular complexity index is 719. The average Bonchev–Trinajstić information content (AvgIpc) is 3.44. The van der Waals surface area contributed by atoms with Gasteiger partial charge >= 0.3 is 0 Å². The van der Waals surface area contributed by atoms with E-state index in [1.807, 2.05) is 24.3 Å². The lowest BCUT2D eigenvalue weighted by Gasteiger charge is -2.26. The summed E-state index contributed by atoms with van der Waals surface area (Å²) in [6, 6.07) is 7.69. The lowest BCUT2D eigenvalue weighted by molar-refractivity contribution is 0.0934. The van der Waals surface area contributed by atoms with Gasteiger partial charge in [-0.05, 0) is 63.0 Å². The van der Waals surface area contributed by atoms with Gasteiger partial charge in [-0.2, -0.15) is 0 Å². The molecule has 0 aromatic carbocycles. The third kappa shape index (κ3) is 3.60. The second kappa shape index (κ2) is 7.91. The Labute approximate surface area is 154 Å². The zero-order valence-corrected chi connectivity index (χ0v) is 15.1. The second-order valence-electron chi connectivity index (χ2n) is 7.05. The Hall–Kier alpha value is -2.34. The van der Waals surface area contributed by atoms with Crippen LogP contribution in [-0.4, -0.2) is 48.5 Å². The molecule has 2 aliphatic rings. The predicted molar refractivity (Wildman–Crippen MR) is 100 cm³/mol. The number of amides is 1. The van der Waals surface area contributed by atoms with E-state index in [-0.39, 0.29) is 11.9 Å². The molecule has 6 nitrogen and oxygen atoms in total. The van der Waals surface area contributed by atoms with Gasteiger partial charge in [0.2, 0.25) is 0 Å². The highest BCUT2D eigenvalue weighted by Gasteiger charge is 2.27. The quantitative estimate of drug-likeness (QED) is 0.864. The van der Waals surface area contributed by atoms with Crippen LogP contribution in [-0.2, 0) is 0 Å². The van der Waals surface area contributed by atoms with E-state index in [2.05, 4.69) is 20.1 Å². The monoisotopic (exact) mass is 354 g/mol. The zero-order valence-electron chi connectivity index (χ0n) is 15.1. The van der Waals surface area contributed by atoms with Crippen molar-refractivity contribution in [2.24, 2.45) is 0 Å². The summed E-state index contributed by atoms with van der Waals surface area (Å²) in [5, 5.41) is 3.12. The molecule has 2 saturated heterocycles. The fraction of sp³-hybridized carbons (Fsp3) is 0.500. The highest BCUT2D eigenvalue weighted by molar-refractivity contribution is 5.98. The number of nitrogens with zero attached hydrogens (tertiary/aromatic N) is 3. The predicted octanol–water partition coefficient (Wildman–Crippen LogP) is 2.84. The largest absolute Gasteiger partial charge is 0.468 e. The molecule has 2 fully saturated rings. The van der Waals surface area contributed by atoms with Gasteiger partial charge in [-0.15, -0.1) is 0 Å². The molecule has 4 heterocycles. The lowest BCUT2D eigenvalue weighted by Crippen LogP contribution is -2.37. The molecule has 0 saturated carbocycles. The Morgan fingerprint density at radius 3 is 2.62 bits per heavy atom. The molecule has 2 aliphatic heterocycles. The van der Waals surface area contributed by atoms with Gasteiger partial charge in [0.05, 0.1) is 17.9 Å². The number of carbonyl (C=O) groups excluding carboxylic acids is 1. The molecule has 0 radical (unpaired) electrons. The maximum Gasteiger partial charge on any atom is 0.255 e. The van der Waals surface area contributed by atoms with E-state index in [9.17, 15) is 4.79 Å². The van der Waals surface area contributed by atoms with Crippen LogP contribution < -0.4 is 10.2 Å². The van der Waals surface area contributed by atoms with Crippen molar-refractivity contribution in [3.8, 4) is 0 Å². The van der Waals surface area contributed by atoms with Crippen molar-refractivity contribution in [1.29, 1.82) is 0 Å². The van der Waals surface area contributed by atoms with Crippen molar-refractivity contribution in [2.75, 3.05) is 37.6 Å². The van der Waals surface area contributed by atoms with E-state index >= 15 is 0 Å². The topological polar surface area (TPSA) is 61.6 Å². The van der Waals surface area contributed by atoms with Gasteiger partial charge in [0.15, 0.2) is 0 Å². The molecule has 0 unspecified atom stereocenters. The van der Waals surface area contributed by atoms with Crippen molar-refractivity contribution in [1.82, 2.24) is 15.2 Å². The van der Waals surface area contributed by atoms with E-state index in [4.69, 9.17) is 4.42 Å². The number of anilines is 1. The normalized spacial score (nSPS) is 19.0. The first-order valence-electron chi connectivity index (χ1n) is 9.58. The fourth-order valence-corrected chi connectivity index (χ4v) is 3.98. The van der Waals surface area contributed by atoms with Gasteiger partial charge in [-0.25, -0.2) is 4.98 Å². The van der Waals surface area contributed by atoms with Crippen molar-refractivity contribution in [3.63, 3.8) is 0 Å². The van der Waals surface area contributed by atoms with Crippen LogP contribution in [0, 0.1) is 0 Å². The molecular weight excluding hydrogens is 328 g/mol. The number of aromatic nitrogens is 1. The molecule has 2 aromatic heterocycles. The molecule has 1 N–H and O–H groups in total. The van der Waals surface area contributed by atoms with Crippen LogP contribution in [0.3, 0.4) is 0 Å². The Morgan fingerprint density at radius 1 is 1.12 bits per heavy atom. The van der Waals surface area contributed by atoms with Crippen molar-refractivity contribution in [2.45, 2.75) is 31.7 Å². The van der Waals surface area contributed by atoms with Gasteiger partial charge in [-0.3, -0.25) is 9.69 Å². The molecule has 26 heavy (non-hydrogen) atoms. The molecule has 0 aliphatic carbocycles. The highest BCUT2D eigenvalue weighted by atomic mass is 16.3.